The number of anilines is 1. The smallest absolute Gasteiger partial charge is 0.229 e. The van der Waals surface area contributed by atoms with Crippen molar-refractivity contribution >= 4 is 11.6 Å². The maximum Gasteiger partial charge on any atom is 0.229 e. The minimum Gasteiger partial charge on any atom is -0.462 e. The first kappa shape index (κ1) is 25.7. The molecule has 2 fully saturated rings. The number of nitrogens with one attached hydrogen (secondary N) is 1. The summed E-state index contributed by atoms with van der Waals surface area (Å²) in [4.78, 5) is 11.1. The number of aliphatic hydroxyl groups is 7. The summed E-state index contributed by atoms with van der Waals surface area (Å²) in [5.74, 6) is -0.0144. The molecule has 2 unspecified atom stereocenters. The third kappa shape index (κ3) is 5.78. The summed E-state index contributed by atoms with van der Waals surface area (Å²) in [6.07, 6.45) is -15.3. The molecule has 2 heterocycles. The lowest BCUT2D eigenvalue weighted by atomic mass is 9.97. The van der Waals surface area contributed by atoms with Gasteiger partial charge in [0.25, 0.3) is 0 Å². The monoisotopic (exact) mass is 475 g/mol. The molecule has 0 aliphatic carbocycles. The number of carbonyl (C=O) groups is 1. The van der Waals surface area contributed by atoms with E-state index in [0.29, 0.717) is 5.69 Å². The van der Waals surface area contributed by atoms with E-state index in [1.54, 1.807) is 12.1 Å². The normalized spacial score (nSPS) is 39.2. The molecule has 2 aliphatic heterocycles. The van der Waals surface area contributed by atoms with E-state index in [0.717, 1.165) is 0 Å². The highest BCUT2D eigenvalue weighted by Gasteiger charge is 2.51. The van der Waals surface area contributed by atoms with Crippen molar-refractivity contribution in [1.29, 1.82) is 0 Å². The van der Waals surface area contributed by atoms with Crippen LogP contribution in [0.5, 0.6) is 5.75 Å². The van der Waals surface area contributed by atoms with Crippen LogP contribution in [-0.4, -0.2) is 116 Å². The van der Waals surface area contributed by atoms with Crippen LogP contribution in [0.4, 0.5) is 5.69 Å². The van der Waals surface area contributed by atoms with Crippen molar-refractivity contribution in [3.05, 3.63) is 24.3 Å². The summed E-state index contributed by atoms with van der Waals surface area (Å²) < 4.78 is 21.8. The van der Waals surface area contributed by atoms with Crippen molar-refractivity contribution in [1.82, 2.24) is 0 Å². The molecule has 13 nitrogen and oxygen atoms in total. The first-order valence-electron chi connectivity index (χ1n) is 10.3. The number of hydrogen-bond donors (Lipinski definition) is 8. The lowest BCUT2D eigenvalue weighted by Crippen LogP contribution is -2.65. The third-order valence-corrected chi connectivity index (χ3v) is 5.39. The first-order chi connectivity index (χ1) is 15.7. The predicted molar refractivity (Wildman–Crippen MR) is 108 cm³/mol. The average Bonchev–Trinajstić information content (AvgIpc) is 2.79. The standard InChI is InChI=1S/C20H29NO12/c1-8(24)21-9-2-4-10(5-3-9)30-19-17(29)15(27)18(12(7-23)32-19)33-20-16(28)14(26)13(25)11(6-22)31-20/h2-5,11-20,22-23,25-29H,6-7H2,1H3,(H,21,24)/t11-,12-,13-,14+,15?,16-,17?,18-,19+,20-/m1/s1. The number of aliphatic hydroxyl groups excluding tert-OH is 7. The van der Waals surface area contributed by atoms with E-state index in [2.05, 4.69) is 5.32 Å². The van der Waals surface area contributed by atoms with Crippen molar-refractivity contribution in [3.8, 4) is 5.75 Å². The van der Waals surface area contributed by atoms with Gasteiger partial charge in [-0.1, -0.05) is 0 Å². The van der Waals surface area contributed by atoms with E-state index < -0.39 is 74.6 Å². The van der Waals surface area contributed by atoms with Gasteiger partial charge in [0.15, 0.2) is 6.29 Å². The molecule has 1 aromatic carbocycles. The van der Waals surface area contributed by atoms with Crippen LogP contribution >= 0.6 is 0 Å². The zero-order valence-electron chi connectivity index (χ0n) is 17.7. The Labute approximate surface area is 188 Å². The first-order valence-corrected chi connectivity index (χ1v) is 10.3. The van der Waals surface area contributed by atoms with Crippen LogP contribution in [0.15, 0.2) is 24.3 Å². The fourth-order valence-electron chi connectivity index (χ4n) is 3.61. The van der Waals surface area contributed by atoms with E-state index in [4.69, 9.17) is 18.9 Å². The van der Waals surface area contributed by atoms with Crippen LogP contribution in [-0.2, 0) is 19.0 Å². The molecule has 2 aliphatic rings. The van der Waals surface area contributed by atoms with Gasteiger partial charge in [-0.15, -0.1) is 0 Å². The number of hydrogen-bond acceptors (Lipinski definition) is 12. The lowest BCUT2D eigenvalue weighted by molar-refractivity contribution is -0.352. The molecular formula is C20H29NO12. The van der Waals surface area contributed by atoms with E-state index in [1.807, 2.05) is 0 Å². The van der Waals surface area contributed by atoms with Crippen LogP contribution in [0.25, 0.3) is 0 Å². The second-order valence-corrected chi connectivity index (χ2v) is 7.83. The molecule has 33 heavy (non-hydrogen) atoms. The van der Waals surface area contributed by atoms with Crippen LogP contribution < -0.4 is 10.1 Å². The molecule has 1 aromatic rings. The molecule has 186 valence electrons. The third-order valence-electron chi connectivity index (χ3n) is 5.39. The molecule has 0 saturated carbocycles. The second-order valence-electron chi connectivity index (χ2n) is 7.83. The number of carbonyl (C=O) groups excluding carboxylic acids is 1. The van der Waals surface area contributed by atoms with Gasteiger partial charge in [0.05, 0.1) is 13.2 Å². The van der Waals surface area contributed by atoms with Crippen LogP contribution in [0.2, 0.25) is 0 Å². The fourth-order valence-corrected chi connectivity index (χ4v) is 3.61. The van der Waals surface area contributed by atoms with Gasteiger partial charge in [0.2, 0.25) is 12.2 Å². The number of amides is 1. The predicted octanol–water partition coefficient (Wildman–Crippen LogP) is -3.35. The maximum atomic E-state index is 11.1. The molecule has 2 saturated heterocycles. The van der Waals surface area contributed by atoms with Crippen molar-refractivity contribution in [2.45, 2.75) is 68.3 Å². The average molecular weight is 475 g/mol. The molecule has 10 atom stereocenters. The Morgan fingerprint density at radius 3 is 2.00 bits per heavy atom. The number of rotatable bonds is 7. The fraction of sp³-hybridized carbons (Fsp3) is 0.650. The number of ether oxygens (including phenoxy) is 4. The highest BCUT2D eigenvalue weighted by Crippen LogP contribution is 2.30. The van der Waals surface area contributed by atoms with Gasteiger partial charge in [-0.2, -0.15) is 0 Å². The molecule has 0 bridgehead atoms. The van der Waals surface area contributed by atoms with Gasteiger partial charge in [-0.25, -0.2) is 0 Å². The molecule has 3 rings (SSSR count). The van der Waals surface area contributed by atoms with Gasteiger partial charge < -0.3 is 60.0 Å². The summed E-state index contributed by atoms with van der Waals surface area (Å²) in [6.45, 7) is 0.000118. The van der Waals surface area contributed by atoms with Crippen molar-refractivity contribution in [3.63, 3.8) is 0 Å². The Bertz CT molecular complexity index is 775. The molecule has 13 heteroatoms. The molecular weight excluding hydrogens is 446 g/mol. The van der Waals surface area contributed by atoms with Gasteiger partial charge in [0, 0.05) is 12.6 Å². The Balaban J connectivity index is 1.68. The molecule has 1 amide bonds. The summed E-state index contributed by atoms with van der Waals surface area (Å²) in [5.41, 5.74) is 0.515. The maximum absolute atomic E-state index is 11.1. The van der Waals surface area contributed by atoms with Crippen molar-refractivity contribution in [2.24, 2.45) is 0 Å². The van der Waals surface area contributed by atoms with E-state index in [9.17, 15) is 40.5 Å². The van der Waals surface area contributed by atoms with Gasteiger partial charge >= 0.3 is 0 Å². The Morgan fingerprint density at radius 2 is 1.42 bits per heavy atom. The minimum atomic E-state index is -1.75. The topological polar surface area (TPSA) is 208 Å². The molecule has 0 aromatic heterocycles. The largest absolute Gasteiger partial charge is 0.462 e. The van der Waals surface area contributed by atoms with Gasteiger partial charge in [0.1, 0.15) is 54.6 Å². The van der Waals surface area contributed by atoms with Crippen molar-refractivity contribution in [2.75, 3.05) is 18.5 Å². The Hall–Kier alpha value is -1.91. The minimum absolute atomic E-state index is 0.241. The molecule has 8 N–H and O–H groups in total. The van der Waals surface area contributed by atoms with E-state index in [1.165, 1.54) is 19.1 Å². The van der Waals surface area contributed by atoms with Crippen LogP contribution in [0.3, 0.4) is 0 Å². The number of benzene rings is 1. The van der Waals surface area contributed by atoms with E-state index >= 15 is 0 Å². The summed E-state index contributed by atoms with van der Waals surface area (Å²) in [5, 5.41) is 72.6. The Kier molecular flexibility index (Phi) is 8.58. The highest BCUT2D eigenvalue weighted by molar-refractivity contribution is 5.88. The molecule has 0 spiro atoms. The SMILES string of the molecule is CC(=O)Nc1ccc(O[C@H]2O[C@H](CO)[C@@H](O[C@H]3O[C@H](CO)[C@@H](O)[C@H](O)[C@H]3O)C(O)C2O)cc1. The summed E-state index contributed by atoms with van der Waals surface area (Å²) in [6, 6.07) is 6.10. The zero-order chi connectivity index (χ0) is 24.3. The Morgan fingerprint density at radius 1 is 0.848 bits per heavy atom. The summed E-state index contributed by atoms with van der Waals surface area (Å²) in [7, 11) is 0. The lowest BCUT2D eigenvalue weighted by Gasteiger charge is -2.45. The van der Waals surface area contributed by atoms with Crippen molar-refractivity contribution < 1.29 is 59.5 Å². The van der Waals surface area contributed by atoms with Gasteiger partial charge in [-0.3, -0.25) is 4.79 Å². The van der Waals surface area contributed by atoms with Crippen LogP contribution in [0, 0.1) is 0 Å². The molecule has 0 radical (unpaired) electrons. The van der Waals surface area contributed by atoms with Gasteiger partial charge in [-0.05, 0) is 24.3 Å². The zero-order valence-corrected chi connectivity index (χ0v) is 17.7. The van der Waals surface area contributed by atoms with E-state index in [-0.39, 0.29) is 11.7 Å². The quantitative estimate of drug-likeness (QED) is 0.195. The van der Waals surface area contributed by atoms with Crippen LogP contribution in [0.1, 0.15) is 6.92 Å². The summed E-state index contributed by atoms with van der Waals surface area (Å²) >= 11 is 0. The highest BCUT2D eigenvalue weighted by atomic mass is 16.7. The second kappa shape index (κ2) is 11.0.